The molecule has 3 aromatic rings. The van der Waals surface area contributed by atoms with Crippen LogP contribution in [0.2, 0.25) is 0 Å². The van der Waals surface area contributed by atoms with Gasteiger partial charge in [-0.2, -0.15) is 0 Å². The lowest BCUT2D eigenvalue weighted by Crippen LogP contribution is -2.45. The summed E-state index contributed by atoms with van der Waals surface area (Å²) in [7, 11) is -0.806. The smallest absolute Gasteiger partial charge is 0.223 e. The summed E-state index contributed by atoms with van der Waals surface area (Å²) in [6.07, 6.45) is 10.3. The largest absolute Gasteiger partial charge is 0.349 e. The molecule has 38 heavy (non-hydrogen) atoms. The van der Waals surface area contributed by atoms with Crippen molar-refractivity contribution in [1.82, 2.24) is 24.8 Å². The van der Waals surface area contributed by atoms with E-state index < -0.39 is 10.8 Å². The summed E-state index contributed by atoms with van der Waals surface area (Å²) in [4.78, 5) is 24.9. The average molecular weight is 538 g/mol. The quantitative estimate of drug-likeness (QED) is 0.482. The third-order valence-electron chi connectivity index (χ3n) is 8.90. The Bertz CT molecular complexity index is 1320. The van der Waals surface area contributed by atoms with Crippen LogP contribution in [0.3, 0.4) is 0 Å². The lowest BCUT2D eigenvalue weighted by molar-refractivity contribution is -0.126. The molecule has 6 rings (SSSR count). The predicted molar refractivity (Wildman–Crippen MR) is 147 cm³/mol. The minimum Gasteiger partial charge on any atom is -0.349 e. The van der Waals surface area contributed by atoms with Gasteiger partial charge in [-0.25, -0.2) is 9.37 Å². The van der Waals surface area contributed by atoms with Gasteiger partial charge in [0.2, 0.25) is 5.91 Å². The maximum atomic E-state index is 14.1. The van der Waals surface area contributed by atoms with Crippen LogP contribution in [0.4, 0.5) is 4.39 Å². The zero-order valence-electron chi connectivity index (χ0n) is 21.9. The van der Waals surface area contributed by atoms with E-state index in [4.69, 9.17) is 4.98 Å². The molecular formula is C29H36FN5O2S. The number of aryl methyl sites for hydroxylation is 1. The van der Waals surface area contributed by atoms with Gasteiger partial charge in [0.1, 0.15) is 11.6 Å². The van der Waals surface area contributed by atoms with Crippen LogP contribution in [0.1, 0.15) is 68.4 Å². The van der Waals surface area contributed by atoms with E-state index in [0.29, 0.717) is 42.5 Å². The van der Waals surface area contributed by atoms with Crippen LogP contribution >= 0.6 is 0 Å². The molecule has 3 fully saturated rings. The van der Waals surface area contributed by atoms with Gasteiger partial charge >= 0.3 is 0 Å². The first-order valence-corrected chi connectivity index (χ1v) is 15.4. The molecule has 9 heteroatoms. The number of imidazole rings is 1. The highest BCUT2D eigenvalue weighted by molar-refractivity contribution is 7.85. The second-order valence-corrected chi connectivity index (χ2v) is 12.9. The number of fused-ring (bicyclic) bond motifs is 3. The van der Waals surface area contributed by atoms with Crippen LogP contribution in [0.25, 0.3) is 11.0 Å². The number of pyridine rings is 1. The summed E-state index contributed by atoms with van der Waals surface area (Å²) >= 11 is 0. The number of amides is 1. The highest BCUT2D eigenvalue weighted by atomic mass is 32.2. The van der Waals surface area contributed by atoms with Crippen LogP contribution in [0, 0.1) is 18.7 Å². The Morgan fingerprint density at radius 2 is 1.89 bits per heavy atom. The van der Waals surface area contributed by atoms with E-state index in [1.165, 1.54) is 18.9 Å². The number of aromatic nitrogens is 3. The average Bonchev–Trinajstić information content (AvgIpc) is 3.37. The number of rotatable bonds is 7. The first-order chi connectivity index (χ1) is 18.5. The fraction of sp³-hybridized carbons (Fsp3) is 0.552. The molecule has 3 aliphatic rings. The van der Waals surface area contributed by atoms with Crippen molar-refractivity contribution in [2.24, 2.45) is 5.92 Å². The molecule has 2 unspecified atom stereocenters. The fourth-order valence-corrected chi connectivity index (χ4v) is 8.31. The van der Waals surface area contributed by atoms with E-state index >= 15 is 0 Å². The number of piperidine rings is 1. The molecule has 5 heterocycles. The van der Waals surface area contributed by atoms with Gasteiger partial charge in [0.05, 0.1) is 23.3 Å². The lowest BCUT2D eigenvalue weighted by Gasteiger charge is -2.40. The topological polar surface area (TPSA) is 80.1 Å². The van der Waals surface area contributed by atoms with Gasteiger partial charge in [-0.1, -0.05) is 12.1 Å². The molecule has 2 bridgehead atoms. The van der Waals surface area contributed by atoms with Crippen molar-refractivity contribution in [3.63, 3.8) is 0 Å². The summed E-state index contributed by atoms with van der Waals surface area (Å²) in [5.74, 6) is 1.83. The third kappa shape index (κ3) is 5.15. The molecule has 0 aliphatic carbocycles. The van der Waals surface area contributed by atoms with Crippen LogP contribution < -0.4 is 5.32 Å². The van der Waals surface area contributed by atoms with Crippen molar-refractivity contribution >= 4 is 27.7 Å². The highest BCUT2D eigenvalue weighted by Gasteiger charge is 2.42. The summed E-state index contributed by atoms with van der Waals surface area (Å²) in [6.45, 7) is 2.95. The number of hydrogen-bond acceptors (Lipinski definition) is 5. The molecule has 7 nitrogen and oxygen atoms in total. The van der Waals surface area contributed by atoms with Gasteiger partial charge in [-0.3, -0.25) is 18.9 Å². The number of halogens is 1. The molecule has 1 N–H and O–H groups in total. The fourth-order valence-electron chi connectivity index (χ4n) is 7.01. The molecule has 4 atom stereocenters. The van der Waals surface area contributed by atoms with Crippen LogP contribution in [-0.2, 0) is 15.6 Å². The minimum absolute atomic E-state index is 0.00807. The standard InChI is InChI=1S/C29H36FN5O2S/c1-19-32-27-7-11-31-18-28(27)35(19)25-16-23-5-6-24(17-25)34(23)12-8-26(21-3-2-4-22(30)15-21)33-29(36)20-9-13-38(37)14-10-20/h2-4,7,11,15,18,20,23-26H,5-6,8-10,12-14,16-17H2,1H3,(H,33,36)/t20?,23-,24+,25?,26?,38?. The first kappa shape index (κ1) is 25.6. The normalized spacial score (nSPS) is 28.4. The summed E-state index contributed by atoms with van der Waals surface area (Å²) in [6, 6.07) is 9.75. The van der Waals surface area contributed by atoms with Gasteiger partial charge < -0.3 is 9.88 Å². The van der Waals surface area contributed by atoms with Crippen molar-refractivity contribution in [2.45, 2.75) is 76.0 Å². The van der Waals surface area contributed by atoms with Gasteiger partial charge in [0.25, 0.3) is 0 Å². The van der Waals surface area contributed by atoms with Crippen molar-refractivity contribution in [3.05, 3.63) is 59.9 Å². The highest BCUT2D eigenvalue weighted by Crippen LogP contribution is 2.42. The van der Waals surface area contributed by atoms with E-state index in [1.54, 1.807) is 18.3 Å². The molecule has 3 saturated heterocycles. The molecule has 3 aliphatic heterocycles. The summed E-state index contributed by atoms with van der Waals surface area (Å²) in [5.41, 5.74) is 2.93. The molecule has 2 aromatic heterocycles. The van der Waals surface area contributed by atoms with Crippen molar-refractivity contribution in [3.8, 4) is 0 Å². The Morgan fingerprint density at radius 1 is 1.13 bits per heavy atom. The van der Waals surface area contributed by atoms with Crippen molar-refractivity contribution < 1.29 is 13.4 Å². The first-order valence-electron chi connectivity index (χ1n) is 13.9. The number of benzene rings is 1. The summed E-state index contributed by atoms with van der Waals surface area (Å²) < 4.78 is 28.3. The maximum absolute atomic E-state index is 14.1. The van der Waals surface area contributed by atoms with Crippen LogP contribution in [0.5, 0.6) is 0 Å². The Kier molecular flexibility index (Phi) is 7.31. The molecule has 1 amide bonds. The van der Waals surface area contributed by atoms with E-state index in [9.17, 15) is 13.4 Å². The second kappa shape index (κ2) is 10.8. The van der Waals surface area contributed by atoms with E-state index in [1.807, 2.05) is 18.3 Å². The van der Waals surface area contributed by atoms with Gasteiger partial charge in [-0.05, 0) is 75.6 Å². The van der Waals surface area contributed by atoms with Crippen molar-refractivity contribution in [1.29, 1.82) is 0 Å². The van der Waals surface area contributed by atoms with Gasteiger partial charge in [-0.15, -0.1) is 0 Å². The molecule has 1 aromatic carbocycles. The number of carbonyl (C=O) groups excluding carboxylic acids is 1. The molecule has 202 valence electrons. The number of hydrogen-bond donors (Lipinski definition) is 1. The molecular weight excluding hydrogens is 501 g/mol. The zero-order chi connectivity index (χ0) is 26.2. The third-order valence-corrected chi connectivity index (χ3v) is 10.3. The maximum Gasteiger partial charge on any atom is 0.223 e. The minimum atomic E-state index is -0.806. The van der Waals surface area contributed by atoms with Gasteiger partial charge in [0, 0.05) is 59.1 Å². The van der Waals surface area contributed by atoms with E-state index in [2.05, 4.69) is 26.7 Å². The SMILES string of the molecule is Cc1nc2ccncc2n1C1C[C@H]2CC[C@@H](C1)N2CCC(NC(=O)C1CCS(=O)CC1)c1cccc(F)c1. The van der Waals surface area contributed by atoms with Crippen molar-refractivity contribution in [2.75, 3.05) is 18.1 Å². The number of nitrogens with zero attached hydrogens (tertiary/aromatic N) is 4. The Labute approximate surface area is 225 Å². The van der Waals surface area contributed by atoms with E-state index in [0.717, 1.165) is 48.2 Å². The van der Waals surface area contributed by atoms with Crippen LogP contribution in [-0.4, -0.2) is 59.7 Å². The lowest BCUT2D eigenvalue weighted by atomic mass is 9.95. The Balaban J connectivity index is 1.15. The predicted octanol–water partition coefficient (Wildman–Crippen LogP) is 4.45. The second-order valence-electron chi connectivity index (χ2n) is 11.2. The Morgan fingerprint density at radius 3 is 2.63 bits per heavy atom. The summed E-state index contributed by atoms with van der Waals surface area (Å²) in [5, 5.41) is 3.24. The van der Waals surface area contributed by atoms with E-state index in [-0.39, 0.29) is 23.7 Å². The Hall–Kier alpha value is -2.65. The monoisotopic (exact) mass is 537 g/mol. The molecule has 0 spiro atoms. The number of carbonyl (C=O) groups is 1. The number of nitrogens with one attached hydrogen (secondary N) is 1. The molecule has 0 saturated carbocycles. The van der Waals surface area contributed by atoms with Gasteiger partial charge in [0.15, 0.2) is 0 Å². The van der Waals surface area contributed by atoms with Crippen LogP contribution in [0.15, 0.2) is 42.7 Å². The zero-order valence-corrected chi connectivity index (χ0v) is 22.7. The molecule has 0 radical (unpaired) electrons.